The monoisotopic (exact) mass is 278 g/mol. The summed E-state index contributed by atoms with van der Waals surface area (Å²) in [5, 5.41) is 7.31. The maximum atomic E-state index is 7.31. The lowest BCUT2D eigenvalue weighted by Crippen LogP contribution is -2.13. The van der Waals surface area contributed by atoms with Crippen LogP contribution in [0.1, 0.15) is 12.5 Å². The molecule has 0 aliphatic heterocycles. The summed E-state index contributed by atoms with van der Waals surface area (Å²) in [4.78, 5) is 0. The number of hydrogen-bond acceptors (Lipinski definition) is 2. The number of rotatable bonds is 3. The van der Waals surface area contributed by atoms with Gasteiger partial charge in [-0.25, -0.2) is 0 Å². The van der Waals surface area contributed by atoms with Gasteiger partial charge in [-0.15, -0.1) is 12.4 Å². The molecule has 0 spiro atoms. The summed E-state index contributed by atoms with van der Waals surface area (Å²) >= 11 is 3.32. The van der Waals surface area contributed by atoms with E-state index in [2.05, 4.69) is 15.9 Å². The number of amidine groups is 1. The molecule has 1 aromatic rings. The molecule has 5 heteroatoms. The molecule has 0 aromatic heterocycles. The van der Waals surface area contributed by atoms with Gasteiger partial charge >= 0.3 is 0 Å². The molecule has 0 heterocycles. The molecule has 1 aromatic carbocycles. The Morgan fingerprint density at radius 1 is 1.57 bits per heavy atom. The van der Waals surface area contributed by atoms with Crippen LogP contribution in [0, 0.1) is 5.41 Å². The highest BCUT2D eigenvalue weighted by Crippen LogP contribution is 2.23. The van der Waals surface area contributed by atoms with Crippen molar-refractivity contribution in [3.05, 3.63) is 28.2 Å². The Kier molecular flexibility index (Phi) is 5.57. The van der Waals surface area contributed by atoms with E-state index in [4.69, 9.17) is 15.9 Å². The van der Waals surface area contributed by atoms with E-state index >= 15 is 0 Å². The van der Waals surface area contributed by atoms with Crippen LogP contribution in [-0.2, 0) is 0 Å². The zero-order chi connectivity index (χ0) is 9.84. The van der Waals surface area contributed by atoms with E-state index in [-0.39, 0.29) is 18.2 Å². The van der Waals surface area contributed by atoms with E-state index in [1.807, 2.05) is 13.0 Å². The third kappa shape index (κ3) is 3.20. The van der Waals surface area contributed by atoms with E-state index in [0.29, 0.717) is 17.9 Å². The van der Waals surface area contributed by atoms with Crippen LogP contribution in [0.2, 0.25) is 0 Å². The molecule has 3 N–H and O–H groups in total. The molecule has 0 aliphatic carbocycles. The Morgan fingerprint density at radius 3 is 2.71 bits per heavy atom. The van der Waals surface area contributed by atoms with E-state index in [1.54, 1.807) is 12.1 Å². The number of ether oxygens (including phenoxy) is 1. The Balaban J connectivity index is 0.00000169. The van der Waals surface area contributed by atoms with Gasteiger partial charge in [0.2, 0.25) is 0 Å². The zero-order valence-electron chi connectivity index (χ0n) is 7.71. The lowest BCUT2D eigenvalue weighted by molar-refractivity contribution is 0.339. The van der Waals surface area contributed by atoms with Crippen LogP contribution in [0.3, 0.4) is 0 Å². The molecule has 0 aliphatic rings. The van der Waals surface area contributed by atoms with E-state index in [1.165, 1.54) is 0 Å². The smallest absolute Gasteiger partial charge is 0.131 e. The molecule has 0 atom stereocenters. The maximum Gasteiger partial charge on any atom is 0.131 e. The van der Waals surface area contributed by atoms with Gasteiger partial charge in [-0.05, 0) is 25.1 Å². The van der Waals surface area contributed by atoms with E-state index < -0.39 is 0 Å². The second-order valence-electron chi connectivity index (χ2n) is 2.49. The third-order valence-electron chi connectivity index (χ3n) is 1.53. The molecule has 14 heavy (non-hydrogen) atoms. The van der Waals surface area contributed by atoms with Gasteiger partial charge in [-0.2, -0.15) is 0 Å². The fourth-order valence-electron chi connectivity index (χ4n) is 0.994. The van der Waals surface area contributed by atoms with Crippen molar-refractivity contribution in [2.45, 2.75) is 6.92 Å². The maximum absolute atomic E-state index is 7.31. The summed E-state index contributed by atoms with van der Waals surface area (Å²) in [7, 11) is 0. The fraction of sp³-hybridized carbons (Fsp3) is 0.222. The van der Waals surface area contributed by atoms with Gasteiger partial charge in [0.05, 0.1) is 12.2 Å². The third-order valence-corrected chi connectivity index (χ3v) is 2.03. The highest BCUT2D eigenvalue weighted by atomic mass is 79.9. The summed E-state index contributed by atoms with van der Waals surface area (Å²) in [6.07, 6.45) is 0. The SMILES string of the molecule is CCOc1cc(Br)ccc1C(=N)N.Cl. The number of hydrogen-bond donors (Lipinski definition) is 2. The molecule has 0 unspecified atom stereocenters. The molecular weight excluding hydrogens is 267 g/mol. The van der Waals surface area contributed by atoms with Crippen molar-refractivity contribution in [2.24, 2.45) is 5.73 Å². The minimum absolute atomic E-state index is 0. The molecule has 1 rings (SSSR count). The normalized spacial score (nSPS) is 9.00. The molecule has 0 radical (unpaired) electrons. The Morgan fingerprint density at radius 2 is 2.21 bits per heavy atom. The molecule has 78 valence electrons. The van der Waals surface area contributed by atoms with Crippen LogP contribution in [0.5, 0.6) is 5.75 Å². The zero-order valence-corrected chi connectivity index (χ0v) is 10.1. The second-order valence-corrected chi connectivity index (χ2v) is 3.40. The molecule has 3 nitrogen and oxygen atoms in total. The first-order valence-corrected chi connectivity index (χ1v) is 4.71. The van der Waals surface area contributed by atoms with Gasteiger partial charge in [0.15, 0.2) is 0 Å². The van der Waals surface area contributed by atoms with Gasteiger partial charge in [-0.3, -0.25) is 5.41 Å². The average Bonchev–Trinajstić information content (AvgIpc) is 2.04. The number of halogens is 2. The highest BCUT2D eigenvalue weighted by molar-refractivity contribution is 9.10. The molecule has 0 saturated heterocycles. The van der Waals surface area contributed by atoms with Crippen molar-refractivity contribution in [1.29, 1.82) is 5.41 Å². The largest absolute Gasteiger partial charge is 0.493 e. The van der Waals surface area contributed by atoms with Crippen molar-refractivity contribution in [2.75, 3.05) is 6.61 Å². The van der Waals surface area contributed by atoms with Crippen molar-refractivity contribution in [3.8, 4) is 5.75 Å². The molecule has 0 fully saturated rings. The summed E-state index contributed by atoms with van der Waals surface area (Å²) in [5.41, 5.74) is 6.01. The van der Waals surface area contributed by atoms with Crippen LogP contribution >= 0.6 is 28.3 Å². The first-order valence-electron chi connectivity index (χ1n) is 3.92. The topological polar surface area (TPSA) is 59.1 Å². The van der Waals surface area contributed by atoms with Crippen LogP contribution in [-0.4, -0.2) is 12.4 Å². The van der Waals surface area contributed by atoms with Crippen molar-refractivity contribution < 1.29 is 4.74 Å². The van der Waals surface area contributed by atoms with Crippen LogP contribution in [0.15, 0.2) is 22.7 Å². The lowest BCUT2D eigenvalue weighted by Gasteiger charge is -2.08. The summed E-state index contributed by atoms with van der Waals surface area (Å²) in [6.45, 7) is 2.46. The Hall–Kier alpha value is -0.740. The molecule has 0 bridgehead atoms. The number of nitrogen functional groups attached to an aromatic ring is 1. The standard InChI is InChI=1S/C9H11BrN2O.ClH/c1-2-13-8-5-6(10)3-4-7(8)9(11)12;/h3-5H,2H2,1H3,(H3,11,12);1H. The summed E-state index contributed by atoms with van der Waals surface area (Å²) in [6, 6.07) is 5.40. The first-order chi connectivity index (χ1) is 6.15. The van der Waals surface area contributed by atoms with Crippen molar-refractivity contribution in [3.63, 3.8) is 0 Å². The minimum Gasteiger partial charge on any atom is -0.493 e. The first kappa shape index (κ1) is 13.3. The average molecular weight is 280 g/mol. The van der Waals surface area contributed by atoms with Gasteiger partial charge in [-0.1, -0.05) is 15.9 Å². The summed E-state index contributed by atoms with van der Waals surface area (Å²) in [5.74, 6) is 0.667. The molecule has 0 saturated carbocycles. The highest BCUT2D eigenvalue weighted by Gasteiger charge is 2.05. The second kappa shape index (κ2) is 5.88. The lowest BCUT2D eigenvalue weighted by atomic mass is 10.2. The molecular formula is C9H12BrClN2O. The van der Waals surface area contributed by atoms with Crippen LogP contribution < -0.4 is 10.5 Å². The van der Waals surface area contributed by atoms with Gasteiger partial charge < -0.3 is 10.5 Å². The van der Waals surface area contributed by atoms with Crippen LogP contribution in [0.4, 0.5) is 0 Å². The predicted octanol–water partition coefficient (Wildman–Crippen LogP) is 2.55. The van der Waals surface area contributed by atoms with E-state index in [0.717, 1.165) is 4.47 Å². The number of benzene rings is 1. The van der Waals surface area contributed by atoms with Crippen molar-refractivity contribution >= 4 is 34.2 Å². The van der Waals surface area contributed by atoms with E-state index in [9.17, 15) is 0 Å². The minimum atomic E-state index is 0. The molecule has 0 amide bonds. The summed E-state index contributed by atoms with van der Waals surface area (Å²) < 4.78 is 6.25. The number of nitrogens with one attached hydrogen (secondary N) is 1. The predicted molar refractivity (Wildman–Crippen MR) is 63.6 cm³/mol. The fourth-order valence-corrected chi connectivity index (χ4v) is 1.33. The van der Waals surface area contributed by atoms with Crippen LogP contribution in [0.25, 0.3) is 0 Å². The Bertz CT molecular complexity index is 331. The number of nitrogens with two attached hydrogens (primary N) is 1. The van der Waals surface area contributed by atoms with Crippen molar-refractivity contribution in [1.82, 2.24) is 0 Å². The quantitative estimate of drug-likeness (QED) is 0.660. The van der Waals surface area contributed by atoms with Gasteiger partial charge in [0.1, 0.15) is 11.6 Å². The van der Waals surface area contributed by atoms with Gasteiger partial charge in [0, 0.05) is 4.47 Å². The van der Waals surface area contributed by atoms with Gasteiger partial charge in [0.25, 0.3) is 0 Å². The Labute approximate surface area is 97.7 Å².